The van der Waals surface area contributed by atoms with Crippen molar-refractivity contribution in [2.45, 2.75) is 0 Å². The van der Waals surface area contributed by atoms with E-state index in [4.69, 9.17) is 4.74 Å². The molecule has 22 heavy (non-hydrogen) atoms. The fraction of sp³-hybridized carbons (Fsp3) is 0.154. The standard InChI is InChI=1S/C13H10F2N4O2S/c14-9-2-1-8(7-10(9)15)21-6-5-16-12-18-19-11(20)3-4-17-13(19)22-12/h1-4,7H,5-6H2,(H,16,18). The molecular formula is C13H10F2N4O2S. The van der Waals surface area contributed by atoms with Crippen LogP contribution in [0, 0.1) is 11.6 Å². The average Bonchev–Trinajstić information content (AvgIpc) is 2.92. The fourth-order valence-electron chi connectivity index (χ4n) is 1.71. The van der Waals surface area contributed by atoms with Crippen molar-refractivity contribution in [2.75, 3.05) is 18.5 Å². The lowest BCUT2D eigenvalue weighted by atomic mass is 10.3. The summed E-state index contributed by atoms with van der Waals surface area (Å²) >= 11 is 1.23. The quantitative estimate of drug-likeness (QED) is 0.726. The molecule has 9 heteroatoms. The van der Waals surface area contributed by atoms with E-state index in [1.165, 1.54) is 34.2 Å². The number of benzene rings is 1. The lowest BCUT2D eigenvalue weighted by molar-refractivity contribution is 0.329. The molecule has 2 heterocycles. The molecule has 2 aromatic heterocycles. The summed E-state index contributed by atoms with van der Waals surface area (Å²) in [5.74, 6) is -1.64. The third kappa shape index (κ3) is 3.03. The van der Waals surface area contributed by atoms with Crippen LogP contribution in [0.3, 0.4) is 0 Å². The summed E-state index contributed by atoms with van der Waals surface area (Å²) in [6.07, 6.45) is 1.42. The molecule has 0 saturated heterocycles. The highest BCUT2D eigenvalue weighted by atomic mass is 32.1. The normalized spacial score (nSPS) is 10.8. The molecule has 1 N–H and O–H groups in total. The molecule has 0 aliphatic heterocycles. The van der Waals surface area contributed by atoms with E-state index in [0.717, 1.165) is 12.1 Å². The van der Waals surface area contributed by atoms with E-state index in [9.17, 15) is 13.6 Å². The molecule has 0 atom stereocenters. The molecule has 0 amide bonds. The Kier molecular flexibility index (Phi) is 3.96. The first-order valence-corrected chi connectivity index (χ1v) is 7.12. The molecule has 114 valence electrons. The zero-order valence-electron chi connectivity index (χ0n) is 11.1. The highest BCUT2D eigenvalue weighted by Crippen LogP contribution is 2.16. The third-order valence-electron chi connectivity index (χ3n) is 2.71. The largest absolute Gasteiger partial charge is 0.492 e. The van der Waals surface area contributed by atoms with E-state index in [1.54, 1.807) is 0 Å². The van der Waals surface area contributed by atoms with Crippen LogP contribution in [0.25, 0.3) is 4.96 Å². The Morgan fingerprint density at radius 2 is 2.14 bits per heavy atom. The van der Waals surface area contributed by atoms with Crippen LogP contribution < -0.4 is 15.6 Å². The molecule has 3 rings (SSSR count). The predicted octanol–water partition coefficient (Wildman–Crippen LogP) is 1.92. The summed E-state index contributed by atoms with van der Waals surface area (Å²) in [7, 11) is 0. The monoisotopic (exact) mass is 324 g/mol. The Labute approximate surface area is 127 Å². The molecular weight excluding hydrogens is 314 g/mol. The molecule has 0 saturated carbocycles. The highest BCUT2D eigenvalue weighted by Gasteiger charge is 2.06. The van der Waals surface area contributed by atoms with Gasteiger partial charge in [0.15, 0.2) is 11.6 Å². The van der Waals surface area contributed by atoms with Crippen LogP contribution in [0.1, 0.15) is 0 Å². The second-order valence-electron chi connectivity index (χ2n) is 4.24. The Morgan fingerprint density at radius 1 is 1.27 bits per heavy atom. The minimum atomic E-state index is -0.956. The van der Waals surface area contributed by atoms with E-state index < -0.39 is 11.6 Å². The van der Waals surface area contributed by atoms with Gasteiger partial charge in [-0.25, -0.2) is 13.8 Å². The first kappa shape index (κ1) is 14.4. The summed E-state index contributed by atoms with van der Waals surface area (Å²) in [6, 6.07) is 4.66. The van der Waals surface area contributed by atoms with Gasteiger partial charge in [-0.3, -0.25) is 4.79 Å². The minimum Gasteiger partial charge on any atom is -0.492 e. The van der Waals surface area contributed by atoms with Crippen molar-refractivity contribution in [2.24, 2.45) is 0 Å². The SMILES string of the molecule is O=c1ccnc2sc(NCCOc3ccc(F)c(F)c3)nn12. The van der Waals surface area contributed by atoms with E-state index in [-0.39, 0.29) is 17.9 Å². The summed E-state index contributed by atoms with van der Waals surface area (Å²) in [5.41, 5.74) is -0.257. The van der Waals surface area contributed by atoms with Crippen molar-refractivity contribution in [3.63, 3.8) is 0 Å². The predicted molar refractivity (Wildman–Crippen MR) is 77.5 cm³/mol. The number of aromatic nitrogens is 3. The first-order chi connectivity index (χ1) is 10.6. The molecule has 0 aliphatic carbocycles. The van der Waals surface area contributed by atoms with Crippen LogP contribution in [0.2, 0.25) is 0 Å². The molecule has 0 spiro atoms. The lowest BCUT2D eigenvalue weighted by Gasteiger charge is -2.06. The van der Waals surface area contributed by atoms with E-state index in [0.29, 0.717) is 16.6 Å². The number of hydrogen-bond acceptors (Lipinski definition) is 6. The maximum absolute atomic E-state index is 13.0. The van der Waals surface area contributed by atoms with Gasteiger partial charge in [0.25, 0.3) is 5.56 Å². The highest BCUT2D eigenvalue weighted by molar-refractivity contribution is 7.20. The topological polar surface area (TPSA) is 68.5 Å². The number of ether oxygens (including phenoxy) is 1. The third-order valence-corrected chi connectivity index (χ3v) is 3.59. The smallest absolute Gasteiger partial charge is 0.275 e. The molecule has 1 aromatic carbocycles. The summed E-state index contributed by atoms with van der Waals surface area (Å²) in [6.45, 7) is 0.608. The Balaban J connectivity index is 1.57. The van der Waals surface area contributed by atoms with Gasteiger partial charge in [0, 0.05) is 18.3 Å². The number of hydrogen-bond donors (Lipinski definition) is 1. The van der Waals surface area contributed by atoms with Gasteiger partial charge in [0.2, 0.25) is 10.1 Å². The van der Waals surface area contributed by atoms with Crippen molar-refractivity contribution in [1.29, 1.82) is 0 Å². The van der Waals surface area contributed by atoms with Gasteiger partial charge < -0.3 is 10.1 Å². The van der Waals surface area contributed by atoms with Crippen LogP contribution in [0.15, 0.2) is 35.3 Å². The fourth-order valence-corrected chi connectivity index (χ4v) is 2.51. The summed E-state index contributed by atoms with van der Waals surface area (Å²) in [5, 5.41) is 7.56. The number of halogens is 2. The van der Waals surface area contributed by atoms with Gasteiger partial charge >= 0.3 is 0 Å². The molecule has 3 aromatic rings. The van der Waals surface area contributed by atoms with Crippen LogP contribution in [-0.4, -0.2) is 27.7 Å². The zero-order chi connectivity index (χ0) is 15.5. The number of rotatable bonds is 5. The Hall–Kier alpha value is -2.55. The van der Waals surface area contributed by atoms with Crippen LogP contribution in [0.5, 0.6) is 5.75 Å². The number of fused-ring (bicyclic) bond motifs is 1. The number of nitrogens with zero attached hydrogens (tertiary/aromatic N) is 3. The summed E-state index contributed by atoms with van der Waals surface area (Å²) in [4.78, 5) is 16.0. The summed E-state index contributed by atoms with van der Waals surface area (Å²) < 4.78 is 32.2. The number of nitrogens with one attached hydrogen (secondary N) is 1. The van der Waals surface area contributed by atoms with Gasteiger partial charge in [0.05, 0.1) is 6.54 Å². The van der Waals surface area contributed by atoms with Crippen LogP contribution in [-0.2, 0) is 0 Å². The Morgan fingerprint density at radius 3 is 2.91 bits per heavy atom. The van der Waals surface area contributed by atoms with Crippen molar-refractivity contribution < 1.29 is 13.5 Å². The second kappa shape index (κ2) is 6.06. The van der Waals surface area contributed by atoms with E-state index >= 15 is 0 Å². The number of anilines is 1. The Bertz CT molecular complexity index is 865. The van der Waals surface area contributed by atoms with E-state index in [2.05, 4.69) is 15.4 Å². The minimum absolute atomic E-state index is 0.226. The van der Waals surface area contributed by atoms with Gasteiger partial charge in [-0.05, 0) is 12.1 Å². The maximum atomic E-state index is 13.0. The average molecular weight is 324 g/mol. The second-order valence-corrected chi connectivity index (χ2v) is 5.19. The van der Waals surface area contributed by atoms with Crippen molar-refractivity contribution >= 4 is 21.4 Å². The molecule has 6 nitrogen and oxygen atoms in total. The van der Waals surface area contributed by atoms with Crippen molar-refractivity contribution in [3.05, 3.63) is 52.5 Å². The molecule has 0 bridgehead atoms. The maximum Gasteiger partial charge on any atom is 0.275 e. The molecule has 0 radical (unpaired) electrons. The first-order valence-electron chi connectivity index (χ1n) is 6.30. The van der Waals surface area contributed by atoms with Gasteiger partial charge in [-0.15, -0.1) is 5.10 Å². The van der Waals surface area contributed by atoms with Crippen LogP contribution in [0.4, 0.5) is 13.9 Å². The van der Waals surface area contributed by atoms with Crippen molar-refractivity contribution in [1.82, 2.24) is 14.6 Å². The molecule has 0 fully saturated rings. The zero-order valence-corrected chi connectivity index (χ0v) is 11.9. The molecule has 0 unspecified atom stereocenters. The molecule has 0 aliphatic rings. The lowest BCUT2D eigenvalue weighted by Crippen LogP contribution is -2.14. The van der Waals surface area contributed by atoms with Crippen molar-refractivity contribution in [3.8, 4) is 5.75 Å². The van der Waals surface area contributed by atoms with Gasteiger partial charge in [-0.1, -0.05) is 11.3 Å². The van der Waals surface area contributed by atoms with E-state index in [1.807, 2.05) is 0 Å². The van der Waals surface area contributed by atoms with Gasteiger partial charge in [-0.2, -0.15) is 4.52 Å². The van der Waals surface area contributed by atoms with Gasteiger partial charge in [0.1, 0.15) is 12.4 Å². The van der Waals surface area contributed by atoms with Crippen LogP contribution >= 0.6 is 11.3 Å².